The lowest BCUT2D eigenvalue weighted by Gasteiger charge is -2.21. The number of hydrogen-bond acceptors (Lipinski definition) is 3. The van der Waals surface area contributed by atoms with E-state index in [1.807, 2.05) is 0 Å². The van der Waals surface area contributed by atoms with Gasteiger partial charge in [0, 0.05) is 0 Å². The normalized spacial score (nSPS) is 13.5. The van der Waals surface area contributed by atoms with Gasteiger partial charge in [-0.1, -0.05) is 23.7 Å². The Hall–Kier alpha value is -3.02. The van der Waals surface area contributed by atoms with Gasteiger partial charge in [0.25, 0.3) is 6.23 Å². The molecular formula is C17H8ClF7N2O3. The molecule has 0 saturated heterocycles. The Bertz CT molecular complexity index is 1100. The molecule has 0 bridgehead atoms. The summed E-state index contributed by atoms with van der Waals surface area (Å²) in [6.45, 7) is 0. The van der Waals surface area contributed by atoms with Crippen molar-refractivity contribution in [1.82, 2.24) is 9.55 Å². The van der Waals surface area contributed by atoms with E-state index in [2.05, 4.69) is 4.98 Å². The minimum Gasteiger partial charge on any atom is -0.477 e. The second-order valence-corrected chi connectivity index (χ2v) is 6.27. The summed E-state index contributed by atoms with van der Waals surface area (Å²) >= 11 is 5.59. The number of benzene rings is 2. The average molecular weight is 457 g/mol. The third-order valence-electron chi connectivity index (χ3n) is 3.85. The summed E-state index contributed by atoms with van der Waals surface area (Å²) in [6, 6.07) is 5.17. The lowest BCUT2D eigenvalue weighted by molar-refractivity contribution is -0.158. The number of ether oxygens (including phenoxy) is 1. The molecule has 160 valence electrons. The lowest BCUT2D eigenvalue weighted by Crippen LogP contribution is -2.29. The van der Waals surface area contributed by atoms with Crippen LogP contribution in [-0.2, 0) is 17.1 Å². The van der Waals surface area contributed by atoms with Crippen LogP contribution in [0, 0.1) is 5.82 Å². The molecule has 3 aromatic rings. The minimum atomic E-state index is -5.13. The largest absolute Gasteiger partial charge is 0.477 e. The topological polar surface area (TPSA) is 64.3 Å². The molecule has 0 aliphatic rings. The molecule has 0 fully saturated rings. The number of halogens is 8. The van der Waals surface area contributed by atoms with Crippen LogP contribution in [-0.4, -0.2) is 20.6 Å². The Morgan fingerprint density at radius 3 is 2.27 bits per heavy atom. The zero-order valence-corrected chi connectivity index (χ0v) is 15.0. The molecule has 0 aliphatic heterocycles. The first-order valence-corrected chi connectivity index (χ1v) is 8.18. The predicted octanol–water partition coefficient (Wildman–Crippen LogP) is 5.53. The van der Waals surface area contributed by atoms with Gasteiger partial charge in [-0.25, -0.2) is 14.2 Å². The first-order valence-electron chi connectivity index (χ1n) is 7.80. The molecule has 0 saturated carbocycles. The van der Waals surface area contributed by atoms with E-state index in [9.17, 15) is 40.6 Å². The Kier molecular flexibility index (Phi) is 5.31. The number of imidazole rings is 1. The van der Waals surface area contributed by atoms with E-state index in [-0.39, 0.29) is 27.7 Å². The molecular weight excluding hydrogens is 449 g/mol. The maximum atomic E-state index is 14.2. The first kappa shape index (κ1) is 21.7. The van der Waals surface area contributed by atoms with Gasteiger partial charge >= 0.3 is 18.3 Å². The number of aromatic nitrogens is 2. The molecule has 30 heavy (non-hydrogen) atoms. The highest BCUT2D eigenvalue weighted by Crippen LogP contribution is 2.39. The van der Waals surface area contributed by atoms with Gasteiger partial charge in [0.15, 0.2) is 11.6 Å². The smallest absolute Gasteiger partial charge is 0.449 e. The molecule has 0 spiro atoms. The van der Waals surface area contributed by atoms with E-state index in [1.54, 1.807) is 0 Å². The van der Waals surface area contributed by atoms with Crippen LogP contribution in [0.2, 0.25) is 5.02 Å². The third kappa shape index (κ3) is 3.99. The fraction of sp³-hybridized carbons (Fsp3) is 0.176. The second-order valence-electron chi connectivity index (χ2n) is 5.87. The summed E-state index contributed by atoms with van der Waals surface area (Å²) in [6.07, 6.45) is -12.6. The Morgan fingerprint density at radius 2 is 1.73 bits per heavy atom. The van der Waals surface area contributed by atoms with Crippen molar-refractivity contribution in [1.29, 1.82) is 0 Å². The number of nitrogens with zero attached hydrogens (tertiary/aromatic N) is 2. The SMILES string of the molecule is O=C(O)C(Oc1c(F)cc(C(F)(F)F)cc1Cl)n1c(C(F)(F)F)nc2ccccc21. The van der Waals surface area contributed by atoms with Gasteiger partial charge in [0.1, 0.15) is 0 Å². The van der Waals surface area contributed by atoms with Crippen LogP contribution in [0.3, 0.4) is 0 Å². The van der Waals surface area contributed by atoms with Crippen LogP contribution in [0.1, 0.15) is 17.6 Å². The van der Waals surface area contributed by atoms with E-state index in [1.165, 1.54) is 18.2 Å². The number of carboxylic acid groups (broad SMARTS) is 1. The summed E-state index contributed by atoms with van der Waals surface area (Å²) in [5.74, 6) is -6.54. The molecule has 1 unspecified atom stereocenters. The molecule has 3 rings (SSSR count). The van der Waals surface area contributed by atoms with Crippen LogP contribution < -0.4 is 4.74 Å². The highest BCUT2D eigenvalue weighted by atomic mass is 35.5. The van der Waals surface area contributed by atoms with Crippen molar-refractivity contribution in [3.63, 3.8) is 0 Å². The fourth-order valence-electron chi connectivity index (χ4n) is 2.64. The average Bonchev–Trinajstić information content (AvgIpc) is 3.00. The van der Waals surface area contributed by atoms with Gasteiger partial charge in [-0.05, 0) is 24.3 Å². The molecule has 0 aliphatic carbocycles. The number of hydrogen-bond donors (Lipinski definition) is 1. The number of carboxylic acids is 1. The van der Waals surface area contributed by atoms with E-state index >= 15 is 0 Å². The monoisotopic (exact) mass is 456 g/mol. The van der Waals surface area contributed by atoms with Crippen molar-refractivity contribution >= 4 is 28.6 Å². The zero-order valence-electron chi connectivity index (χ0n) is 14.2. The Balaban J connectivity index is 2.17. The van der Waals surface area contributed by atoms with Crippen molar-refractivity contribution in [2.45, 2.75) is 18.6 Å². The number of carbonyl (C=O) groups is 1. The molecule has 13 heteroatoms. The second kappa shape index (κ2) is 7.35. The molecule has 5 nitrogen and oxygen atoms in total. The molecule has 1 aromatic heterocycles. The van der Waals surface area contributed by atoms with Gasteiger partial charge < -0.3 is 9.84 Å². The summed E-state index contributed by atoms with van der Waals surface area (Å²) in [5, 5.41) is 8.46. The van der Waals surface area contributed by atoms with Crippen molar-refractivity contribution in [3.05, 3.63) is 58.6 Å². The summed E-state index contributed by atoms with van der Waals surface area (Å²) in [7, 11) is 0. The Morgan fingerprint density at radius 1 is 1.10 bits per heavy atom. The van der Waals surface area contributed by atoms with Crippen molar-refractivity contribution in [2.75, 3.05) is 0 Å². The Labute approximate surface area is 167 Å². The molecule has 0 radical (unpaired) electrons. The lowest BCUT2D eigenvalue weighted by atomic mass is 10.2. The van der Waals surface area contributed by atoms with E-state index in [0.717, 1.165) is 6.07 Å². The number of para-hydroxylation sites is 2. The fourth-order valence-corrected chi connectivity index (χ4v) is 2.90. The van der Waals surface area contributed by atoms with Crippen molar-refractivity contribution < 1.29 is 45.4 Å². The molecule has 1 N–H and O–H groups in total. The van der Waals surface area contributed by atoms with Gasteiger partial charge in [-0.2, -0.15) is 26.3 Å². The number of alkyl halides is 6. The minimum absolute atomic E-state index is 0.0171. The number of fused-ring (bicyclic) bond motifs is 1. The number of rotatable bonds is 4. The van der Waals surface area contributed by atoms with Crippen molar-refractivity contribution in [2.24, 2.45) is 0 Å². The molecule has 0 amide bonds. The van der Waals surface area contributed by atoms with Crippen molar-refractivity contribution in [3.8, 4) is 5.75 Å². The molecule has 1 atom stereocenters. The predicted molar refractivity (Wildman–Crippen MR) is 88.4 cm³/mol. The highest BCUT2D eigenvalue weighted by Gasteiger charge is 2.42. The van der Waals surface area contributed by atoms with Gasteiger partial charge in [0.2, 0.25) is 5.82 Å². The maximum Gasteiger partial charge on any atom is 0.449 e. The van der Waals surface area contributed by atoms with Crippen LogP contribution >= 0.6 is 11.6 Å². The summed E-state index contributed by atoms with van der Waals surface area (Å²) in [4.78, 5) is 15.0. The molecule has 2 aromatic carbocycles. The summed E-state index contributed by atoms with van der Waals surface area (Å²) < 4.78 is 97.8. The zero-order chi connectivity index (χ0) is 22.4. The highest BCUT2D eigenvalue weighted by molar-refractivity contribution is 6.32. The first-order chi connectivity index (χ1) is 13.8. The quantitative estimate of drug-likeness (QED) is 0.524. The van der Waals surface area contributed by atoms with Crippen LogP contribution in [0.4, 0.5) is 30.7 Å². The van der Waals surface area contributed by atoms with E-state index < -0.39 is 52.5 Å². The van der Waals surface area contributed by atoms with Gasteiger partial charge in [0.05, 0.1) is 21.6 Å². The third-order valence-corrected chi connectivity index (χ3v) is 4.13. The molecule has 1 heterocycles. The van der Waals surface area contributed by atoms with Gasteiger partial charge in [-0.15, -0.1) is 0 Å². The van der Waals surface area contributed by atoms with Crippen LogP contribution in [0.25, 0.3) is 11.0 Å². The number of aliphatic carboxylic acids is 1. The van der Waals surface area contributed by atoms with E-state index in [0.29, 0.717) is 0 Å². The van der Waals surface area contributed by atoms with Crippen LogP contribution in [0.5, 0.6) is 5.75 Å². The standard InChI is InChI=1S/C17H8ClF7N2O3/c18-8-5-7(16(20,21)22)6-9(19)12(8)30-13(14(28)29)27-11-4-2-1-3-10(11)26-15(27)17(23,24)25/h1-6,13H,(H,28,29). The maximum absolute atomic E-state index is 14.2. The van der Waals surface area contributed by atoms with Crippen LogP contribution in [0.15, 0.2) is 36.4 Å². The van der Waals surface area contributed by atoms with E-state index in [4.69, 9.17) is 16.3 Å². The summed E-state index contributed by atoms with van der Waals surface area (Å²) in [5.41, 5.74) is -2.05. The van der Waals surface area contributed by atoms with Gasteiger partial charge in [-0.3, -0.25) is 4.57 Å².